The summed E-state index contributed by atoms with van der Waals surface area (Å²) in [6.45, 7) is 0. The number of H-pyrrole nitrogens is 1. The van der Waals surface area contributed by atoms with Gasteiger partial charge in [0.25, 0.3) is 0 Å². The van der Waals surface area contributed by atoms with E-state index in [1.165, 1.54) is 0 Å². The summed E-state index contributed by atoms with van der Waals surface area (Å²) in [6, 6.07) is 0.662. The Morgan fingerprint density at radius 3 is 2.70 bits per heavy atom. The van der Waals surface area contributed by atoms with Crippen LogP contribution in [-0.4, -0.2) is 36.0 Å². The van der Waals surface area contributed by atoms with E-state index in [0.717, 1.165) is 0 Å². The predicted molar refractivity (Wildman–Crippen MR) is 63.6 cm³/mol. The summed E-state index contributed by atoms with van der Waals surface area (Å²) < 4.78 is 59.8. The summed E-state index contributed by atoms with van der Waals surface area (Å²) in [5, 5.41) is 7.29. The monoisotopic (exact) mass is 311 g/mol. The van der Waals surface area contributed by atoms with E-state index in [-0.39, 0.29) is 17.3 Å². The zero-order valence-electron chi connectivity index (χ0n) is 10.2. The Labute approximate surface area is 112 Å². The van der Waals surface area contributed by atoms with Crippen molar-refractivity contribution in [3.05, 3.63) is 11.8 Å². The summed E-state index contributed by atoms with van der Waals surface area (Å²) in [7, 11) is -3.26. The zero-order chi connectivity index (χ0) is 15.0. The number of hydrogen-bond acceptors (Lipinski definition) is 4. The maximum absolute atomic E-state index is 12.3. The molecule has 112 valence electrons. The molecule has 0 radical (unpaired) electrons. The minimum absolute atomic E-state index is 0.0391. The second kappa shape index (κ2) is 5.08. The molecule has 0 aromatic carbocycles. The van der Waals surface area contributed by atoms with Gasteiger partial charge < -0.3 is 5.32 Å². The quantitative estimate of drug-likeness (QED) is 0.858. The molecule has 1 aliphatic heterocycles. The van der Waals surface area contributed by atoms with Gasteiger partial charge in [-0.15, -0.1) is 0 Å². The molecule has 1 aromatic heterocycles. The Morgan fingerprint density at radius 1 is 1.45 bits per heavy atom. The Balaban J connectivity index is 2.03. The van der Waals surface area contributed by atoms with Crippen molar-refractivity contribution >= 4 is 21.6 Å². The highest BCUT2D eigenvalue weighted by atomic mass is 32.2. The minimum atomic E-state index is -4.58. The summed E-state index contributed by atoms with van der Waals surface area (Å²) in [5.41, 5.74) is -1.08. The van der Waals surface area contributed by atoms with Crippen molar-refractivity contribution in [2.75, 3.05) is 16.8 Å². The fraction of sp³-hybridized carbons (Fsp3) is 0.600. The molecule has 0 saturated carbocycles. The molecule has 1 fully saturated rings. The summed E-state index contributed by atoms with van der Waals surface area (Å²) >= 11 is 0. The molecule has 0 spiro atoms. The maximum atomic E-state index is 12.3. The van der Waals surface area contributed by atoms with Crippen LogP contribution in [0.4, 0.5) is 19.0 Å². The number of aromatic nitrogens is 2. The van der Waals surface area contributed by atoms with Gasteiger partial charge in [-0.1, -0.05) is 0 Å². The van der Waals surface area contributed by atoms with Crippen LogP contribution in [0.3, 0.4) is 0 Å². The van der Waals surface area contributed by atoms with Gasteiger partial charge in [0.2, 0.25) is 5.91 Å². The molecular formula is C10H12F3N3O3S. The number of carbonyl (C=O) groups is 1. The third-order valence-corrected chi connectivity index (χ3v) is 4.79. The number of halogens is 3. The number of carbonyl (C=O) groups excluding carboxylic acids is 1. The fourth-order valence-corrected chi connectivity index (χ4v) is 3.69. The van der Waals surface area contributed by atoms with E-state index >= 15 is 0 Å². The molecule has 1 atom stereocenters. The standard InChI is InChI=1S/C10H12F3N3O3S/c11-10(12,13)7-4-8(16-15-7)14-9(17)6-2-1-3-20(18,19)5-6/h4,6H,1-3,5H2,(H2,14,15,16,17). The molecule has 10 heteroatoms. The molecule has 2 N–H and O–H groups in total. The molecule has 1 unspecified atom stereocenters. The van der Waals surface area contributed by atoms with E-state index < -0.39 is 33.5 Å². The van der Waals surface area contributed by atoms with Crippen LogP contribution >= 0.6 is 0 Å². The van der Waals surface area contributed by atoms with Crippen LogP contribution in [0, 0.1) is 5.92 Å². The van der Waals surface area contributed by atoms with Crippen molar-refractivity contribution in [1.29, 1.82) is 0 Å². The highest BCUT2D eigenvalue weighted by Gasteiger charge is 2.34. The average Bonchev–Trinajstić information content (AvgIpc) is 2.75. The van der Waals surface area contributed by atoms with Gasteiger partial charge in [-0.05, 0) is 12.8 Å². The Kier molecular flexibility index (Phi) is 3.76. The van der Waals surface area contributed by atoms with Crippen LogP contribution in [0.5, 0.6) is 0 Å². The van der Waals surface area contributed by atoms with Crippen LogP contribution in [-0.2, 0) is 20.8 Å². The molecule has 2 heterocycles. The van der Waals surface area contributed by atoms with Gasteiger partial charge in [0.15, 0.2) is 15.7 Å². The highest BCUT2D eigenvalue weighted by Crippen LogP contribution is 2.29. The van der Waals surface area contributed by atoms with E-state index in [0.29, 0.717) is 18.9 Å². The van der Waals surface area contributed by atoms with Crippen LogP contribution < -0.4 is 5.32 Å². The molecule has 0 aliphatic carbocycles. The number of rotatable bonds is 2. The number of aromatic amines is 1. The van der Waals surface area contributed by atoms with Crippen molar-refractivity contribution in [2.45, 2.75) is 19.0 Å². The number of anilines is 1. The van der Waals surface area contributed by atoms with E-state index in [9.17, 15) is 26.4 Å². The maximum Gasteiger partial charge on any atom is 0.432 e. The average molecular weight is 311 g/mol. The van der Waals surface area contributed by atoms with Gasteiger partial charge in [0.1, 0.15) is 5.69 Å². The number of amides is 1. The van der Waals surface area contributed by atoms with Crippen molar-refractivity contribution in [3.8, 4) is 0 Å². The molecule has 1 aromatic rings. The normalized spacial score (nSPS) is 22.4. The zero-order valence-corrected chi connectivity index (χ0v) is 11.0. The van der Waals surface area contributed by atoms with Crippen LogP contribution in [0.15, 0.2) is 6.07 Å². The van der Waals surface area contributed by atoms with Gasteiger partial charge in [-0.3, -0.25) is 9.89 Å². The van der Waals surface area contributed by atoms with Gasteiger partial charge in [-0.25, -0.2) is 8.42 Å². The summed E-state index contributed by atoms with van der Waals surface area (Å²) in [5.74, 6) is -1.90. The lowest BCUT2D eigenvalue weighted by molar-refractivity contribution is -0.141. The fourth-order valence-electron chi connectivity index (χ4n) is 1.99. The first kappa shape index (κ1) is 14.8. The van der Waals surface area contributed by atoms with Gasteiger partial charge in [0.05, 0.1) is 17.4 Å². The number of nitrogens with zero attached hydrogens (tertiary/aromatic N) is 1. The van der Waals surface area contributed by atoms with Gasteiger partial charge in [-0.2, -0.15) is 18.3 Å². The van der Waals surface area contributed by atoms with Gasteiger partial charge in [0, 0.05) is 6.07 Å². The van der Waals surface area contributed by atoms with E-state index in [2.05, 4.69) is 10.4 Å². The van der Waals surface area contributed by atoms with E-state index in [1.54, 1.807) is 5.10 Å². The van der Waals surface area contributed by atoms with Crippen molar-refractivity contribution in [1.82, 2.24) is 10.2 Å². The summed E-state index contributed by atoms with van der Waals surface area (Å²) in [4.78, 5) is 11.8. The highest BCUT2D eigenvalue weighted by molar-refractivity contribution is 7.91. The smallest absolute Gasteiger partial charge is 0.309 e. The Bertz CT molecular complexity index is 609. The van der Waals surface area contributed by atoms with Gasteiger partial charge >= 0.3 is 6.18 Å². The third-order valence-electron chi connectivity index (χ3n) is 2.97. The van der Waals surface area contributed by atoms with Crippen LogP contribution in [0.25, 0.3) is 0 Å². The lowest BCUT2D eigenvalue weighted by atomic mass is 10.0. The largest absolute Gasteiger partial charge is 0.432 e. The molecule has 6 nitrogen and oxygen atoms in total. The molecule has 2 rings (SSSR count). The lowest BCUT2D eigenvalue weighted by Crippen LogP contribution is -2.34. The van der Waals surface area contributed by atoms with E-state index in [1.807, 2.05) is 0 Å². The SMILES string of the molecule is O=C(Nc1cc(C(F)(F)F)[nH]n1)C1CCCS(=O)(=O)C1. The van der Waals surface area contributed by atoms with E-state index in [4.69, 9.17) is 0 Å². The third kappa shape index (κ3) is 3.50. The number of nitrogens with one attached hydrogen (secondary N) is 2. The number of hydrogen-bond donors (Lipinski definition) is 2. The lowest BCUT2D eigenvalue weighted by Gasteiger charge is -2.20. The molecule has 1 saturated heterocycles. The number of alkyl halides is 3. The second-order valence-corrected chi connectivity index (χ2v) is 6.84. The van der Waals surface area contributed by atoms with Crippen molar-refractivity contribution in [3.63, 3.8) is 0 Å². The first-order chi connectivity index (χ1) is 9.17. The van der Waals surface area contributed by atoms with Crippen molar-refractivity contribution < 1.29 is 26.4 Å². The molecule has 20 heavy (non-hydrogen) atoms. The Hall–Kier alpha value is -1.58. The molecule has 1 aliphatic rings. The first-order valence-electron chi connectivity index (χ1n) is 5.81. The van der Waals surface area contributed by atoms with Crippen LogP contribution in [0.1, 0.15) is 18.5 Å². The second-order valence-electron chi connectivity index (χ2n) is 4.61. The number of sulfone groups is 1. The predicted octanol–water partition coefficient (Wildman–Crippen LogP) is 1.19. The molecule has 0 bridgehead atoms. The Morgan fingerprint density at radius 2 is 2.15 bits per heavy atom. The molecule has 1 amide bonds. The minimum Gasteiger partial charge on any atom is -0.309 e. The first-order valence-corrected chi connectivity index (χ1v) is 7.63. The summed E-state index contributed by atoms with van der Waals surface area (Å²) in [6.07, 6.45) is -3.82. The topological polar surface area (TPSA) is 91.9 Å². The van der Waals surface area contributed by atoms with Crippen molar-refractivity contribution in [2.24, 2.45) is 5.92 Å². The molecular weight excluding hydrogens is 299 g/mol. The van der Waals surface area contributed by atoms with Crippen LogP contribution in [0.2, 0.25) is 0 Å².